The van der Waals surface area contributed by atoms with Gasteiger partial charge in [0.2, 0.25) is 5.91 Å². The molecule has 0 fully saturated rings. The van der Waals surface area contributed by atoms with Gasteiger partial charge >= 0.3 is 0 Å². The Morgan fingerprint density at radius 1 is 1.21 bits per heavy atom. The van der Waals surface area contributed by atoms with Gasteiger partial charge in [-0.05, 0) is 64.7 Å². The van der Waals surface area contributed by atoms with Crippen molar-refractivity contribution in [1.82, 2.24) is 15.8 Å². The number of carbonyl (C=O) groups is 2. The summed E-state index contributed by atoms with van der Waals surface area (Å²) in [7, 11) is 0. The van der Waals surface area contributed by atoms with Gasteiger partial charge in [0.05, 0.1) is 12.2 Å². The van der Waals surface area contributed by atoms with Crippen molar-refractivity contribution in [2.24, 2.45) is 0 Å². The number of ether oxygens (including phenoxy) is 1. The van der Waals surface area contributed by atoms with Crippen molar-refractivity contribution in [3.05, 3.63) is 47.2 Å². The third kappa shape index (κ3) is 6.11. The molecule has 2 N–H and O–H groups in total. The zero-order chi connectivity index (χ0) is 20.7. The summed E-state index contributed by atoms with van der Waals surface area (Å²) >= 11 is 0. The molecule has 0 bridgehead atoms. The minimum Gasteiger partial charge on any atom is -0.476 e. The molecule has 1 aromatic carbocycles. The van der Waals surface area contributed by atoms with Gasteiger partial charge in [-0.1, -0.05) is 18.2 Å². The maximum Gasteiger partial charge on any atom is 0.257 e. The third-order valence-corrected chi connectivity index (χ3v) is 4.07. The monoisotopic (exact) mass is 387 g/mol. The highest BCUT2D eigenvalue weighted by molar-refractivity contribution is 5.97. The molecule has 0 aliphatic heterocycles. The topological polar surface area (TPSA) is 93.5 Å². The van der Waals surface area contributed by atoms with Crippen LogP contribution in [-0.4, -0.2) is 35.2 Å². The fourth-order valence-electron chi connectivity index (χ4n) is 2.75. The number of nitrogens with one attached hydrogen (secondary N) is 2. The number of carbonyl (C=O) groups excluding carboxylic acids is 2. The minimum atomic E-state index is -0.698. The molecule has 0 radical (unpaired) electrons. The fourth-order valence-corrected chi connectivity index (χ4v) is 2.75. The lowest BCUT2D eigenvalue weighted by Crippen LogP contribution is -2.52. The number of aromatic nitrogens is 1. The van der Waals surface area contributed by atoms with Gasteiger partial charge in [-0.25, -0.2) is 0 Å². The molecule has 0 saturated heterocycles. The summed E-state index contributed by atoms with van der Waals surface area (Å²) in [6.45, 7) is 9.84. The summed E-state index contributed by atoms with van der Waals surface area (Å²) in [4.78, 5) is 25.4. The first-order chi connectivity index (χ1) is 13.2. The summed E-state index contributed by atoms with van der Waals surface area (Å²) in [5.74, 6) is 0.558. The smallest absolute Gasteiger partial charge is 0.257 e. The Morgan fingerprint density at radius 3 is 2.50 bits per heavy atom. The van der Waals surface area contributed by atoms with Gasteiger partial charge in [0.1, 0.15) is 11.8 Å². The lowest BCUT2D eigenvalue weighted by molar-refractivity contribution is -0.124. The van der Waals surface area contributed by atoms with Gasteiger partial charge in [-0.2, -0.15) is 0 Å². The highest BCUT2D eigenvalue weighted by Gasteiger charge is 2.26. The first-order valence-electron chi connectivity index (χ1n) is 9.47. The molecule has 2 aromatic rings. The quantitative estimate of drug-likeness (QED) is 0.726. The zero-order valence-electron chi connectivity index (χ0n) is 17.2. The van der Waals surface area contributed by atoms with Crippen LogP contribution in [0.2, 0.25) is 0 Å². The maximum atomic E-state index is 12.8. The van der Waals surface area contributed by atoms with E-state index in [1.807, 2.05) is 33.8 Å². The maximum absolute atomic E-state index is 12.8. The van der Waals surface area contributed by atoms with Crippen LogP contribution in [0.25, 0.3) is 0 Å². The molecule has 1 aromatic heterocycles. The summed E-state index contributed by atoms with van der Waals surface area (Å²) < 4.78 is 10.7. The summed E-state index contributed by atoms with van der Waals surface area (Å²) in [5.41, 5.74) is 0.910. The normalized spacial score (nSPS) is 12.3. The van der Waals surface area contributed by atoms with Crippen LogP contribution in [0.1, 0.15) is 55.8 Å². The van der Waals surface area contributed by atoms with E-state index in [0.29, 0.717) is 36.7 Å². The number of aryl methyl sites for hydroxylation is 1. The molecule has 0 aliphatic rings. The Kier molecular flexibility index (Phi) is 7.20. The van der Waals surface area contributed by atoms with E-state index in [1.165, 1.54) is 0 Å². The van der Waals surface area contributed by atoms with Crippen LogP contribution < -0.4 is 15.4 Å². The van der Waals surface area contributed by atoms with Crippen LogP contribution in [0, 0.1) is 6.92 Å². The highest BCUT2D eigenvalue weighted by Crippen LogP contribution is 2.23. The van der Waals surface area contributed by atoms with E-state index in [-0.39, 0.29) is 11.8 Å². The molecular weight excluding hydrogens is 358 g/mol. The molecule has 0 unspecified atom stereocenters. The Bertz CT molecular complexity index is 794. The van der Waals surface area contributed by atoms with Crippen molar-refractivity contribution in [2.75, 3.05) is 6.61 Å². The van der Waals surface area contributed by atoms with Crippen LogP contribution >= 0.6 is 0 Å². The van der Waals surface area contributed by atoms with Gasteiger partial charge in [0.15, 0.2) is 0 Å². The molecule has 2 amide bonds. The van der Waals surface area contributed by atoms with E-state index >= 15 is 0 Å². The van der Waals surface area contributed by atoms with E-state index in [0.717, 1.165) is 5.56 Å². The Morgan fingerprint density at radius 2 is 1.89 bits per heavy atom. The number of amides is 2. The predicted molar refractivity (Wildman–Crippen MR) is 106 cm³/mol. The summed E-state index contributed by atoms with van der Waals surface area (Å²) in [6, 6.07) is 8.14. The van der Waals surface area contributed by atoms with Gasteiger partial charge in [0.25, 0.3) is 11.8 Å². The molecule has 0 saturated carbocycles. The molecule has 2 rings (SSSR count). The largest absolute Gasteiger partial charge is 0.476 e. The zero-order valence-corrected chi connectivity index (χ0v) is 17.2. The van der Waals surface area contributed by atoms with Crippen LogP contribution in [0.3, 0.4) is 0 Å². The van der Waals surface area contributed by atoms with E-state index < -0.39 is 11.6 Å². The Balaban J connectivity index is 2.15. The molecule has 0 spiro atoms. The highest BCUT2D eigenvalue weighted by atomic mass is 16.5. The molecule has 1 heterocycles. The fraction of sp³-hybridized carbons (Fsp3) is 0.476. The van der Waals surface area contributed by atoms with Crippen molar-refractivity contribution in [1.29, 1.82) is 0 Å². The third-order valence-electron chi connectivity index (χ3n) is 4.07. The van der Waals surface area contributed by atoms with E-state index in [4.69, 9.17) is 9.26 Å². The number of nitrogens with zero attached hydrogens (tertiary/aromatic N) is 1. The van der Waals surface area contributed by atoms with Crippen molar-refractivity contribution in [2.45, 2.75) is 59.0 Å². The van der Waals surface area contributed by atoms with E-state index in [9.17, 15) is 9.59 Å². The average molecular weight is 387 g/mol. The first-order valence-corrected chi connectivity index (χ1v) is 9.47. The molecule has 1 atom stereocenters. The predicted octanol–water partition coefficient (Wildman–Crippen LogP) is 3.03. The van der Waals surface area contributed by atoms with Gasteiger partial charge in [-0.3, -0.25) is 9.59 Å². The van der Waals surface area contributed by atoms with E-state index in [1.54, 1.807) is 31.2 Å². The van der Waals surface area contributed by atoms with Crippen molar-refractivity contribution in [3.63, 3.8) is 0 Å². The van der Waals surface area contributed by atoms with Crippen molar-refractivity contribution in [3.8, 4) is 5.88 Å². The van der Waals surface area contributed by atoms with Crippen LogP contribution in [0.5, 0.6) is 5.88 Å². The van der Waals surface area contributed by atoms with Crippen molar-refractivity contribution >= 4 is 11.8 Å². The Hall–Kier alpha value is -2.83. The SMILES string of the molecule is CCOc1noc(C)c1CC[C@H](NC(=O)c1ccccc1)C(=O)NC(C)(C)C. The molecular formula is C21H29N3O4. The number of benzene rings is 1. The molecule has 152 valence electrons. The lowest BCUT2D eigenvalue weighted by atomic mass is 10.0. The second-order valence-electron chi connectivity index (χ2n) is 7.63. The molecule has 7 nitrogen and oxygen atoms in total. The van der Waals surface area contributed by atoms with Crippen LogP contribution in [0.4, 0.5) is 0 Å². The standard InChI is InChI=1S/C21H29N3O4/c1-6-27-20-16(14(2)28-24-20)12-13-17(19(26)23-21(3,4)5)22-18(25)15-10-8-7-9-11-15/h7-11,17H,6,12-13H2,1-5H3,(H,22,25)(H,23,26)/t17-/m0/s1. The molecule has 0 aliphatic carbocycles. The summed E-state index contributed by atoms with van der Waals surface area (Å²) in [5, 5.41) is 9.69. The molecule has 28 heavy (non-hydrogen) atoms. The number of rotatable bonds is 8. The summed E-state index contributed by atoms with van der Waals surface area (Å²) in [6.07, 6.45) is 0.880. The average Bonchev–Trinajstić information content (AvgIpc) is 2.97. The minimum absolute atomic E-state index is 0.233. The van der Waals surface area contributed by atoms with E-state index in [2.05, 4.69) is 15.8 Å². The van der Waals surface area contributed by atoms with Gasteiger partial charge in [0, 0.05) is 11.1 Å². The number of hydrogen-bond acceptors (Lipinski definition) is 5. The lowest BCUT2D eigenvalue weighted by Gasteiger charge is -2.25. The second kappa shape index (κ2) is 9.39. The van der Waals surface area contributed by atoms with Crippen LogP contribution in [-0.2, 0) is 11.2 Å². The van der Waals surface area contributed by atoms with Gasteiger partial charge < -0.3 is 19.9 Å². The van der Waals surface area contributed by atoms with Crippen molar-refractivity contribution < 1.29 is 18.8 Å². The Labute approximate surface area is 165 Å². The molecule has 7 heteroatoms. The first kappa shape index (κ1) is 21.5. The second-order valence-corrected chi connectivity index (χ2v) is 7.63. The van der Waals surface area contributed by atoms with Crippen LogP contribution in [0.15, 0.2) is 34.9 Å². The number of hydrogen-bond donors (Lipinski definition) is 2. The van der Waals surface area contributed by atoms with Gasteiger partial charge in [-0.15, -0.1) is 0 Å².